The molecule has 4 rings (SSSR count). The maximum absolute atomic E-state index is 13.6. The van der Waals surface area contributed by atoms with Gasteiger partial charge in [-0.1, -0.05) is 27.7 Å². The number of rotatable bonds is 8. The van der Waals surface area contributed by atoms with E-state index in [9.17, 15) is 9.59 Å². The van der Waals surface area contributed by atoms with E-state index in [1.165, 1.54) is 0 Å². The molecule has 8 heteroatoms. The molecule has 4 fully saturated rings. The van der Waals surface area contributed by atoms with Crippen molar-refractivity contribution in [3.63, 3.8) is 0 Å². The summed E-state index contributed by atoms with van der Waals surface area (Å²) in [6, 6.07) is 0.00129. The second-order valence-electron chi connectivity index (χ2n) is 12.2. The number of piperidine rings is 1. The normalized spacial score (nSPS) is 37.1. The van der Waals surface area contributed by atoms with E-state index in [1.54, 1.807) is 0 Å². The lowest BCUT2D eigenvalue weighted by Gasteiger charge is -2.50. The Hall–Kier alpha value is -1.06. The monoisotopic (exact) mass is 478 g/mol. The lowest BCUT2D eigenvalue weighted by molar-refractivity contribution is -0.218. The van der Waals surface area contributed by atoms with Crippen LogP contribution in [0.4, 0.5) is 0 Å². The number of hydrogen-bond acceptors (Lipinski definition) is 7. The van der Waals surface area contributed by atoms with Crippen LogP contribution in [-0.2, 0) is 19.1 Å². The molecule has 5 atom stereocenters. The SMILES string of the molecule is CC(C)C[C@@H]1NCCN([C@](C=O)(CC(C)C)CN2CCC3(C[C@@H]2C)OC2CN(C)CC2O3)C1=O. The summed E-state index contributed by atoms with van der Waals surface area (Å²) < 4.78 is 13.0. The number of aldehydes is 1. The summed E-state index contributed by atoms with van der Waals surface area (Å²) in [5.74, 6) is 0.303. The summed E-state index contributed by atoms with van der Waals surface area (Å²) in [5, 5.41) is 3.39. The van der Waals surface area contributed by atoms with Crippen molar-refractivity contribution in [2.24, 2.45) is 11.8 Å². The Kier molecular flexibility index (Phi) is 7.75. The quantitative estimate of drug-likeness (QED) is 0.533. The van der Waals surface area contributed by atoms with Gasteiger partial charge in [-0.25, -0.2) is 0 Å². The van der Waals surface area contributed by atoms with Crippen LogP contribution in [0.5, 0.6) is 0 Å². The molecule has 1 amide bonds. The van der Waals surface area contributed by atoms with Crippen LogP contribution in [0.3, 0.4) is 0 Å². The highest BCUT2D eigenvalue weighted by atomic mass is 16.8. The first kappa shape index (κ1) is 26.0. The smallest absolute Gasteiger partial charge is 0.240 e. The van der Waals surface area contributed by atoms with Crippen molar-refractivity contribution in [3.8, 4) is 0 Å². The summed E-state index contributed by atoms with van der Waals surface area (Å²) in [7, 11) is 2.11. The van der Waals surface area contributed by atoms with Crippen LogP contribution in [0, 0.1) is 11.8 Å². The Morgan fingerprint density at radius 2 is 1.82 bits per heavy atom. The lowest BCUT2D eigenvalue weighted by atomic mass is 9.84. The van der Waals surface area contributed by atoms with Gasteiger partial charge in [-0.3, -0.25) is 9.69 Å². The number of amides is 1. The number of likely N-dealkylation sites (N-methyl/N-ethyl adjacent to an activating group) is 1. The molecule has 194 valence electrons. The predicted molar refractivity (Wildman–Crippen MR) is 131 cm³/mol. The van der Waals surface area contributed by atoms with E-state index in [-0.39, 0.29) is 30.2 Å². The molecular formula is C26H46N4O4. The first-order chi connectivity index (χ1) is 16.1. The van der Waals surface area contributed by atoms with Gasteiger partial charge < -0.3 is 29.4 Å². The van der Waals surface area contributed by atoms with Gasteiger partial charge in [0.05, 0.1) is 6.04 Å². The van der Waals surface area contributed by atoms with E-state index in [4.69, 9.17) is 9.47 Å². The molecule has 4 aliphatic rings. The maximum atomic E-state index is 13.6. The van der Waals surface area contributed by atoms with E-state index < -0.39 is 11.3 Å². The second kappa shape index (κ2) is 10.1. The molecule has 1 spiro atoms. The Morgan fingerprint density at radius 3 is 2.38 bits per heavy atom. The number of hydrogen-bond donors (Lipinski definition) is 1. The highest BCUT2D eigenvalue weighted by molar-refractivity contribution is 5.87. The third kappa shape index (κ3) is 5.21. The van der Waals surface area contributed by atoms with Gasteiger partial charge in [0.25, 0.3) is 0 Å². The number of likely N-dealkylation sites (tertiary alicyclic amines) is 2. The van der Waals surface area contributed by atoms with Gasteiger partial charge in [0.2, 0.25) is 5.91 Å². The largest absolute Gasteiger partial charge is 0.342 e. The van der Waals surface area contributed by atoms with E-state index in [0.717, 1.165) is 51.7 Å². The number of nitrogens with one attached hydrogen (secondary N) is 1. The molecule has 4 heterocycles. The van der Waals surface area contributed by atoms with Crippen molar-refractivity contribution in [2.45, 2.75) is 95.9 Å². The molecule has 2 unspecified atom stereocenters. The van der Waals surface area contributed by atoms with Gasteiger partial charge in [-0.05, 0) is 38.6 Å². The highest BCUT2D eigenvalue weighted by Gasteiger charge is 2.54. The van der Waals surface area contributed by atoms with Gasteiger partial charge in [-0.2, -0.15) is 0 Å². The molecule has 0 saturated carbocycles. The van der Waals surface area contributed by atoms with Crippen LogP contribution < -0.4 is 5.32 Å². The van der Waals surface area contributed by atoms with E-state index in [2.05, 4.69) is 56.8 Å². The first-order valence-electron chi connectivity index (χ1n) is 13.4. The summed E-state index contributed by atoms with van der Waals surface area (Å²) in [4.78, 5) is 33.0. The van der Waals surface area contributed by atoms with Gasteiger partial charge >= 0.3 is 0 Å². The average molecular weight is 479 g/mol. The van der Waals surface area contributed by atoms with Crippen molar-refractivity contribution in [1.82, 2.24) is 20.0 Å². The molecule has 0 aliphatic carbocycles. The molecule has 1 N–H and O–H groups in total. The zero-order chi connectivity index (χ0) is 24.7. The Balaban J connectivity index is 1.48. The fourth-order valence-electron chi connectivity index (χ4n) is 6.70. The molecule has 34 heavy (non-hydrogen) atoms. The Bertz CT molecular complexity index is 732. The molecule has 4 saturated heterocycles. The van der Waals surface area contributed by atoms with Crippen LogP contribution in [0.25, 0.3) is 0 Å². The fourth-order valence-corrected chi connectivity index (χ4v) is 6.70. The summed E-state index contributed by atoms with van der Waals surface area (Å²) in [5.41, 5.74) is -0.808. The van der Waals surface area contributed by atoms with Crippen LogP contribution >= 0.6 is 0 Å². The molecule has 8 nitrogen and oxygen atoms in total. The number of nitrogens with zero attached hydrogens (tertiary/aromatic N) is 3. The van der Waals surface area contributed by atoms with Gasteiger partial charge in [0.15, 0.2) is 5.79 Å². The third-order valence-electron chi connectivity index (χ3n) is 8.13. The van der Waals surface area contributed by atoms with Crippen LogP contribution in [0.2, 0.25) is 0 Å². The van der Waals surface area contributed by atoms with E-state index in [1.807, 2.05) is 4.90 Å². The molecule has 0 radical (unpaired) electrons. The predicted octanol–water partition coefficient (Wildman–Crippen LogP) is 1.73. The minimum atomic E-state index is -0.808. The number of ether oxygens (including phenoxy) is 2. The molecule has 0 aromatic heterocycles. The molecule has 0 aromatic carbocycles. The molecular weight excluding hydrogens is 432 g/mol. The first-order valence-corrected chi connectivity index (χ1v) is 13.4. The summed E-state index contributed by atoms with van der Waals surface area (Å²) in [6.45, 7) is 15.3. The highest BCUT2D eigenvalue weighted by Crippen LogP contribution is 2.42. The fraction of sp³-hybridized carbons (Fsp3) is 0.923. The van der Waals surface area contributed by atoms with Crippen molar-refractivity contribution in [2.75, 3.05) is 46.3 Å². The number of carbonyl (C=O) groups is 2. The van der Waals surface area contributed by atoms with Crippen LogP contribution in [0.15, 0.2) is 0 Å². The topological polar surface area (TPSA) is 74.3 Å². The second-order valence-corrected chi connectivity index (χ2v) is 12.2. The zero-order valence-corrected chi connectivity index (χ0v) is 22.1. The van der Waals surface area contributed by atoms with Gasteiger partial charge in [0, 0.05) is 58.2 Å². The van der Waals surface area contributed by atoms with Gasteiger partial charge in [0.1, 0.15) is 24.0 Å². The van der Waals surface area contributed by atoms with Crippen LogP contribution in [0.1, 0.15) is 60.3 Å². The molecule has 4 aliphatic heterocycles. The third-order valence-corrected chi connectivity index (χ3v) is 8.13. The Labute approximate surface area is 205 Å². The number of carbonyl (C=O) groups excluding carboxylic acids is 2. The van der Waals surface area contributed by atoms with E-state index >= 15 is 0 Å². The van der Waals surface area contributed by atoms with E-state index in [0.29, 0.717) is 31.3 Å². The minimum Gasteiger partial charge on any atom is -0.342 e. The lowest BCUT2D eigenvalue weighted by Crippen LogP contribution is -2.68. The summed E-state index contributed by atoms with van der Waals surface area (Å²) in [6.07, 6.45) is 4.46. The van der Waals surface area contributed by atoms with Gasteiger partial charge in [-0.15, -0.1) is 0 Å². The van der Waals surface area contributed by atoms with Crippen molar-refractivity contribution < 1.29 is 19.1 Å². The van der Waals surface area contributed by atoms with Crippen molar-refractivity contribution in [1.29, 1.82) is 0 Å². The maximum Gasteiger partial charge on any atom is 0.240 e. The van der Waals surface area contributed by atoms with Crippen molar-refractivity contribution >= 4 is 12.2 Å². The molecule has 0 aromatic rings. The zero-order valence-electron chi connectivity index (χ0n) is 22.1. The standard InChI is InChI=1S/C26H46N4O4/c1-18(2)11-21-24(32)30(10-8-27-21)25(17-31,12-19(3)4)16-29-9-7-26(13-20(29)5)33-22-14-28(6)15-23(22)34-26/h17-23,27H,7-16H2,1-6H3/t20-,21-,22?,23?,25+,26?/m0/s1. The number of piperazine rings is 1. The Morgan fingerprint density at radius 1 is 1.15 bits per heavy atom. The number of fused-ring (bicyclic) bond motifs is 1. The summed E-state index contributed by atoms with van der Waals surface area (Å²) >= 11 is 0. The molecule has 0 bridgehead atoms. The minimum absolute atomic E-state index is 0.0771. The van der Waals surface area contributed by atoms with Crippen LogP contribution in [-0.4, -0.2) is 109 Å². The average Bonchev–Trinajstić information content (AvgIpc) is 3.24. The van der Waals surface area contributed by atoms with Crippen molar-refractivity contribution in [3.05, 3.63) is 0 Å².